The molecule has 6 rings (SSSR count). The predicted molar refractivity (Wildman–Crippen MR) is 141 cm³/mol. The molecule has 35 heavy (non-hydrogen) atoms. The summed E-state index contributed by atoms with van der Waals surface area (Å²) < 4.78 is 12.5. The third kappa shape index (κ3) is 4.14. The summed E-state index contributed by atoms with van der Waals surface area (Å²) in [6, 6.07) is 31.8. The molecular formula is C31H30N2O2. The van der Waals surface area contributed by atoms with Crippen LogP contribution < -0.4 is 9.47 Å². The van der Waals surface area contributed by atoms with Crippen LogP contribution in [0.2, 0.25) is 0 Å². The van der Waals surface area contributed by atoms with Crippen molar-refractivity contribution in [2.24, 2.45) is 5.10 Å². The Bertz CT molecular complexity index is 1360. The van der Waals surface area contributed by atoms with Crippen molar-refractivity contribution in [3.05, 3.63) is 108 Å². The van der Waals surface area contributed by atoms with Crippen molar-refractivity contribution in [3.63, 3.8) is 0 Å². The molecule has 0 aromatic heterocycles. The number of benzene rings is 4. The monoisotopic (exact) mass is 462 g/mol. The molecule has 4 aromatic rings. The average Bonchev–Trinajstić information content (AvgIpc) is 3.36. The molecular weight excluding hydrogens is 432 g/mol. The minimum absolute atomic E-state index is 0.142. The van der Waals surface area contributed by atoms with Gasteiger partial charge < -0.3 is 9.47 Å². The fourth-order valence-corrected chi connectivity index (χ4v) is 5.16. The summed E-state index contributed by atoms with van der Waals surface area (Å²) in [6.45, 7) is 2.96. The highest BCUT2D eigenvalue weighted by molar-refractivity contribution is 6.11. The molecule has 0 fully saturated rings. The molecule has 4 aromatic carbocycles. The van der Waals surface area contributed by atoms with Gasteiger partial charge in [-0.25, -0.2) is 5.01 Å². The number of nitrogens with zero attached hydrogens (tertiary/aromatic N) is 2. The second-order valence-electron chi connectivity index (χ2n) is 9.31. The zero-order valence-electron chi connectivity index (χ0n) is 20.1. The van der Waals surface area contributed by atoms with E-state index in [-0.39, 0.29) is 12.3 Å². The van der Waals surface area contributed by atoms with E-state index in [9.17, 15) is 0 Å². The maximum atomic E-state index is 6.53. The molecule has 0 spiro atoms. The van der Waals surface area contributed by atoms with Gasteiger partial charge >= 0.3 is 0 Å². The molecule has 4 nitrogen and oxygen atoms in total. The Hall–Kier alpha value is -3.79. The van der Waals surface area contributed by atoms with E-state index < -0.39 is 0 Å². The molecule has 0 amide bonds. The molecule has 0 saturated heterocycles. The van der Waals surface area contributed by atoms with Crippen molar-refractivity contribution in [1.82, 2.24) is 5.01 Å². The van der Waals surface area contributed by atoms with Crippen molar-refractivity contribution >= 4 is 16.5 Å². The fourth-order valence-electron chi connectivity index (χ4n) is 5.16. The van der Waals surface area contributed by atoms with Crippen LogP contribution in [0, 0.1) is 0 Å². The molecule has 0 bridgehead atoms. The summed E-state index contributed by atoms with van der Waals surface area (Å²) in [6.07, 6.45) is 4.05. The molecule has 2 unspecified atom stereocenters. The Kier molecular flexibility index (Phi) is 5.87. The predicted octanol–water partition coefficient (Wildman–Crippen LogP) is 7.65. The first-order valence-electron chi connectivity index (χ1n) is 12.6. The first-order valence-corrected chi connectivity index (χ1v) is 12.6. The lowest BCUT2D eigenvalue weighted by atomic mass is 9.93. The van der Waals surface area contributed by atoms with Crippen molar-refractivity contribution in [2.75, 3.05) is 6.61 Å². The van der Waals surface area contributed by atoms with Crippen LogP contribution in [-0.4, -0.2) is 17.3 Å². The quantitative estimate of drug-likeness (QED) is 0.265. The molecule has 4 heteroatoms. The van der Waals surface area contributed by atoms with Crippen molar-refractivity contribution in [3.8, 4) is 11.5 Å². The first-order chi connectivity index (χ1) is 17.3. The zero-order valence-corrected chi connectivity index (χ0v) is 20.1. The maximum absolute atomic E-state index is 6.53. The molecule has 0 aliphatic carbocycles. The van der Waals surface area contributed by atoms with Crippen LogP contribution in [0.1, 0.15) is 61.6 Å². The number of rotatable bonds is 7. The third-order valence-electron chi connectivity index (χ3n) is 6.98. The smallest absolute Gasteiger partial charge is 0.213 e. The van der Waals surface area contributed by atoms with Gasteiger partial charge in [-0.15, -0.1) is 0 Å². The Morgan fingerprint density at radius 1 is 0.886 bits per heavy atom. The Balaban J connectivity index is 1.34. The van der Waals surface area contributed by atoms with Crippen LogP contribution >= 0.6 is 0 Å². The number of hydrogen-bond acceptors (Lipinski definition) is 4. The summed E-state index contributed by atoms with van der Waals surface area (Å²) in [4.78, 5) is 0. The van der Waals surface area contributed by atoms with Gasteiger partial charge in [-0.1, -0.05) is 80.4 Å². The largest absolute Gasteiger partial charge is 0.494 e. The van der Waals surface area contributed by atoms with E-state index in [0.717, 1.165) is 42.2 Å². The van der Waals surface area contributed by atoms with Gasteiger partial charge in [0.1, 0.15) is 11.5 Å². The lowest BCUT2D eigenvalue weighted by molar-refractivity contribution is -0.0190. The third-order valence-corrected chi connectivity index (χ3v) is 6.98. The summed E-state index contributed by atoms with van der Waals surface area (Å²) in [5.41, 5.74) is 4.57. The van der Waals surface area contributed by atoms with Gasteiger partial charge in [-0.2, -0.15) is 5.10 Å². The zero-order chi connectivity index (χ0) is 23.6. The van der Waals surface area contributed by atoms with Crippen LogP contribution in [-0.2, 0) is 0 Å². The van der Waals surface area contributed by atoms with E-state index in [1.807, 2.05) is 18.2 Å². The van der Waals surface area contributed by atoms with E-state index >= 15 is 0 Å². The average molecular weight is 463 g/mol. The molecule has 0 saturated carbocycles. The van der Waals surface area contributed by atoms with E-state index in [0.29, 0.717) is 0 Å². The normalized spacial score (nSPS) is 18.5. The Morgan fingerprint density at radius 2 is 1.69 bits per heavy atom. The SMILES string of the molecule is CCCCCOc1ccc(C2Oc3ccccc3C3CC(c4cccc5ccccc45)=NN32)cc1. The van der Waals surface area contributed by atoms with E-state index in [2.05, 4.69) is 84.7 Å². The summed E-state index contributed by atoms with van der Waals surface area (Å²) >= 11 is 0. The van der Waals surface area contributed by atoms with Crippen molar-refractivity contribution < 1.29 is 9.47 Å². The molecule has 2 aliphatic rings. The van der Waals surface area contributed by atoms with E-state index in [1.54, 1.807) is 0 Å². The lowest BCUT2D eigenvalue weighted by Crippen LogP contribution is -2.33. The number of ether oxygens (including phenoxy) is 2. The van der Waals surface area contributed by atoms with Gasteiger partial charge in [0.05, 0.1) is 18.4 Å². The fraction of sp³-hybridized carbons (Fsp3) is 0.258. The van der Waals surface area contributed by atoms with Gasteiger partial charge in [0, 0.05) is 23.1 Å². The topological polar surface area (TPSA) is 34.1 Å². The first kappa shape index (κ1) is 21.7. The standard InChI is InChI=1S/C31H30N2O2/c1-2-3-8-20-34-24-18-16-23(17-19-24)31-33-29(27-13-6-7-15-30(27)35-31)21-28(32-33)26-14-9-11-22-10-4-5-12-25(22)26/h4-7,9-19,29,31H,2-3,8,20-21H2,1H3. The van der Waals surface area contributed by atoms with E-state index in [1.165, 1.54) is 34.7 Å². The van der Waals surface area contributed by atoms with Gasteiger partial charge in [-0.3, -0.25) is 0 Å². The molecule has 176 valence electrons. The number of hydrazone groups is 1. The van der Waals surface area contributed by atoms with Crippen LogP contribution in [0.4, 0.5) is 0 Å². The van der Waals surface area contributed by atoms with Gasteiger partial charge in [0.15, 0.2) is 0 Å². The summed E-state index contributed by atoms with van der Waals surface area (Å²) in [7, 11) is 0. The highest BCUT2D eigenvalue weighted by atomic mass is 16.5. The van der Waals surface area contributed by atoms with Crippen molar-refractivity contribution in [2.45, 2.75) is 44.9 Å². The number of fused-ring (bicyclic) bond motifs is 4. The molecule has 0 radical (unpaired) electrons. The van der Waals surface area contributed by atoms with Crippen LogP contribution in [0.3, 0.4) is 0 Å². The van der Waals surface area contributed by atoms with Gasteiger partial charge in [0.25, 0.3) is 0 Å². The molecule has 2 atom stereocenters. The van der Waals surface area contributed by atoms with E-state index in [4.69, 9.17) is 14.6 Å². The second-order valence-corrected chi connectivity index (χ2v) is 9.31. The molecule has 2 aliphatic heterocycles. The van der Waals surface area contributed by atoms with Crippen molar-refractivity contribution in [1.29, 1.82) is 0 Å². The lowest BCUT2D eigenvalue weighted by Gasteiger charge is -2.38. The number of para-hydroxylation sites is 1. The minimum atomic E-state index is -0.281. The molecule has 2 heterocycles. The van der Waals surface area contributed by atoms with Crippen LogP contribution in [0.15, 0.2) is 96.1 Å². The van der Waals surface area contributed by atoms with Gasteiger partial charge in [-0.05, 0) is 47.5 Å². The highest BCUT2D eigenvalue weighted by Crippen LogP contribution is 2.47. The number of hydrogen-bond donors (Lipinski definition) is 0. The minimum Gasteiger partial charge on any atom is -0.494 e. The Labute approximate surface area is 206 Å². The van der Waals surface area contributed by atoms with Crippen LogP contribution in [0.25, 0.3) is 10.8 Å². The maximum Gasteiger partial charge on any atom is 0.213 e. The number of unbranched alkanes of at least 4 members (excludes halogenated alkanes) is 2. The van der Waals surface area contributed by atoms with Gasteiger partial charge in [0.2, 0.25) is 6.23 Å². The van der Waals surface area contributed by atoms with Crippen LogP contribution in [0.5, 0.6) is 11.5 Å². The summed E-state index contributed by atoms with van der Waals surface area (Å²) in [5.74, 6) is 1.84. The summed E-state index contributed by atoms with van der Waals surface area (Å²) in [5, 5.41) is 9.80. The Morgan fingerprint density at radius 3 is 2.57 bits per heavy atom. The second kappa shape index (κ2) is 9.46. The highest BCUT2D eigenvalue weighted by Gasteiger charge is 2.41. The molecule has 0 N–H and O–H groups in total.